The van der Waals surface area contributed by atoms with Crippen LogP contribution in [0, 0.1) is 0 Å². The molecule has 1 fully saturated rings. The van der Waals surface area contributed by atoms with Crippen molar-refractivity contribution in [2.75, 3.05) is 13.6 Å². The molecule has 1 heterocycles. The Labute approximate surface area is 104 Å². The molecule has 17 heavy (non-hydrogen) atoms. The number of hydrogen-bond donors (Lipinski definition) is 0. The molecule has 0 spiro atoms. The molecular formula is C15H21NO. The third-order valence-corrected chi connectivity index (χ3v) is 3.67. The fourth-order valence-electron chi connectivity index (χ4n) is 2.45. The number of carbonyl (C=O) groups excluding carboxylic acids is 1. The highest BCUT2D eigenvalue weighted by atomic mass is 16.2. The maximum absolute atomic E-state index is 12.1. The van der Waals surface area contributed by atoms with E-state index in [0.717, 1.165) is 19.4 Å². The summed E-state index contributed by atoms with van der Waals surface area (Å²) >= 11 is 0. The Morgan fingerprint density at radius 1 is 1.24 bits per heavy atom. The van der Waals surface area contributed by atoms with Gasteiger partial charge in [0.05, 0.1) is 5.92 Å². The van der Waals surface area contributed by atoms with Gasteiger partial charge in [-0.2, -0.15) is 0 Å². The van der Waals surface area contributed by atoms with E-state index in [0.29, 0.717) is 5.92 Å². The summed E-state index contributed by atoms with van der Waals surface area (Å²) in [6.07, 6.45) is 2.10. The first-order valence-corrected chi connectivity index (χ1v) is 6.44. The van der Waals surface area contributed by atoms with Crippen LogP contribution in [0.5, 0.6) is 0 Å². The fraction of sp³-hybridized carbons (Fsp3) is 0.533. The Morgan fingerprint density at radius 2 is 1.88 bits per heavy atom. The van der Waals surface area contributed by atoms with Gasteiger partial charge in [0.1, 0.15) is 0 Å². The fourth-order valence-corrected chi connectivity index (χ4v) is 2.45. The number of amides is 1. The normalized spacial score (nSPS) is 21.1. The molecule has 1 aromatic carbocycles. The quantitative estimate of drug-likeness (QED) is 0.765. The van der Waals surface area contributed by atoms with Crippen molar-refractivity contribution >= 4 is 5.91 Å². The number of nitrogens with zero attached hydrogens (tertiary/aromatic N) is 1. The van der Waals surface area contributed by atoms with E-state index in [1.165, 1.54) is 11.1 Å². The first-order valence-electron chi connectivity index (χ1n) is 6.44. The Bertz CT molecular complexity index is 394. The lowest BCUT2D eigenvalue weighted by molar-refractivity contribution is -0.133. The van der Waals surface area contributed by atoms with Crippen LogP contribution in [0.4, 0.5) is 0 Å². The highest BCUT2D eigenvalue weighted by molar-refractivity contribution is 5.84. The van der Waals surface area contributed by atoms with Gasteiger partial charge in [0.25, 0.3) is 0 Å². The largest absolute Gasteiger partial charge is 0.345 e. The standard InChI is InChI=1S/C15H21NO/c1-11(2)12-6-8-13(9-7-12)14-5-4-10-16(3)15(14)17/h6-9,11,14H,4-5,10H2,1-3H3. The smallest absolute Gasteiger partial charge is 0.229 e. The molecule has 1 atom stereocenters. The van der Waals surface area contributed by atoms with Gasteiger partial charge in [-0.05, 0) is 29.9 Å². The second kappa shape index (κ2) is 4.91. The van der Waals surface area contributed by atoms with Crippen LogP contribution in [0.1, 0.15) is 49.7 Å². The van der Waals surface area contributed by atoms with Crippen LogP contribution in [0.25, 0.3) is 0 Å². The van der Waals surface area contributed by atoms with Crippen molar-refractivity contribution in [3.05, 3.63) is 35.4 Å². The lowest BCUT2D eigenvalue weighted by Crippen LogP contribution is -2.36. The third-order valence-electron chi connectivity index (χ3n) is 3.67. The summed E-state index contributed by atoms with van der Waals surface area (Å²) in [7, 11) is 1.90. The second-order valence-electron chi connectivity index (χ2n) is 5.28. The average Bonchev–Trinajstić information content (AvgIpc) is 2.33. The topological polar surface area (TPSA) is 20.3 Å². The van der Waals surface area contributed by atoms with Crippen LogP contribution in [-0.2, 0) is 4.79 Å². The van der Waals surface area contributed by atoms with Crippen LogP contribution < -0.4 is 0 Å². The molecule has 2 rings (SSSR count). The summed E-state index contributed by atoms with van der Waals surface area (Å²) in [6.45, 7) is 5.28. The number of likely N-dealkylation sites (tertiary alicyclic amines) is 1. The van der Waals surface area contributed by atoms with Crippen molar-refractivity contribution in [2.45, 2.75) is 38.5 Å². The molecule has 1 aromatic rings. The van der Waals surface area contributed by atoms with Gasteiger partial charge >= 0.3 is 0 Å². The van der Waals surface area contributed by atoms with Gasteiger partial charge in [-0.25, -0.2) is 0 Å². The lowest BCUT2D eigenvalue weighted by Gasteiger charge is -2.29. The van der Waals surface area contributed by atoms with Gasteiger partial charge in [-0.1, -0.05) is 38.1 Å². The van der Waals surface area contributed by atoms with E-state index in [1.807, 2.05) is 11.9 Å². The molecule has 92 valence electrons. The zero-order valence-corrected chi connectivity index (χ0v) is 10.9. The Morgan fingerprint density at radius 3 is 2.47 bits per heavy atom. The van der Waals surface area contributed by atoms with Crippen molar-refractivity contribution in [2.24, 2.45) is 0 Å². The molecule has 1 aliphatic rings. The van der Waals surface area contributed by atoms with Crippen molar-refractivity contribution in [1.29, 1.82) is 0 Å². The van der Waals surface area contributed by atoms with E-state index in [4.69, 9.17) is 0 Å². The van der Waals surface area contributed by atoms with E-state index < -0.39 is 0 Å². The minimum absolute atomic E-state index is 0.0787. The van der Waals surface area contributed by atoms with Gasteiger partial charge in [-0.3, -0.25) is 4.79 Å². The molecule has 1 saturated heterocycles. The summed E-state index contributed by atoms with van der Waals surface area (Å²) in [4.78, 5) is 13.9. The van der Waals surface area contributed by atoms with Gasteiger partial charge in [0, 0.05) is 13.6 Å². The van der Waals surface area contributed by atoms with E-state index in [9.17, 15) is 4.79 Å². The molecule has 1 aliphatic heterocycles. The van der Waals surface area contributed by atoms with Gasteiger partial charge in [0.15, 0.2) is 0 Å². The molecule has 0 N–H and O–H groups in total. The summed E-state index contributed by atoms with van der Waals surface area (Å²) in [5.74, 6) is 0.900. The van der Waals surface area contributed by atoms with Gasteiger partial charge < -0.3 is 4.90 Å². The van der Waals surface area contributed by atoms with Gasteiger partial charge in [0.2, 0.25) is 5.91 Å². The Hall–Kier alpha value is -1.31. The molecular weight excluding hydrogens is 210 g/mol. The number of carbonyl (C=O) groups is 1. The second-order valence-corrected chi connectivity index (χ2v) is 5.28. The predicted molar refractivity (Wildman–Crippen MR) is 70.1 cm³/mol. The van der Waals surface area contributed by atoms with Crippen molar-refractivity contribution in [3.8, 4) is 0 Å². The molecule has 0 saturated carbocycles. The average molecular weight is 231 g/mol. The van der Waals surface area contributed by atoms with Crippen LogP contribution in [-0.4, -0.2) is 24.4 Å². The highest BCUT2D eigenvalue weighted by Gasteiger charge is 2.27. The van der Waals surface area contributed by atoms with E-state index in [2.05, 4.69) is 38.1 Å². The van der Waals surface area contributed by atoms with E-state index in [1.54, 1.807) is 0 Å². The summed E-state index contributed by atoms with van der Waals surface area (Å²) in [6, 6.07) is 8.55. The molecule has 0 radical (unpaired) electrons. The maximum Gasteiger partial charge on any atom is 0.229 e. The first kappa shape index (κ1) is 12.2. The monoisotopic (exact) mass is 231 g/mol. The first-order chi connectivity index (χ1) is 8.09. The SMILES string of the molecule is CC(C)c1ccc(C2CCCN(C)C2=O)cc1. The minimum Gasteiger partial charge on any atom is -0.345 e. The van der Waals surface area contributed by atoms with Crippen molar-refractivity contribution < 1.29 is 4.79 Å². The van der Waals surface area contributed by atoms with E-state index >= 15 is 0 Å². The number of piperidine rings is 1. The lowest BCUT2D eigenvalue weighted by atomic mass is 9.88. The van der Waals surface area contributed by atoms with Crippen LogP contribution in [0.15, 0.2) is 24.3 Å². The summed E-state index contributed by atoms with van der Waals surface area (Å²) < 4.78 is 0. The number of rotatable bonds is 2. The van der Waals surface area contributed by atoms with Crippen molar-refractivity contribution in [3.63, 3.8) is 0 Å². The maximum atomic E-state index is 12.1. The predicted octanol–water partition coefficient (Wildman–Crippen LogP) is 3.15. The Kier molecular flexibility index (Phi) is 3.51. The van der Waals surface area contributed by atoms with Crippen LogP contribution in [0.2, 0.25) is 0 Å². The highest BCUT2D eigenvalue weighted by Crippen LogP contribution is 2.28. The van der Waals surface area contributed by atoms with Crippen LogP contribution in [0.3, 0.4) is 0 Å². The zero-order valence-electron chi connectivity index (χ0n) is 10.9. The zero-order chi connectivity index (χ0) is 12.4. The molecule has 1 unspecified atom stereocenters. The van der Waals surface area contributed by atoms with Gasteiger partial charge in [-0.15, -0.1) is 0 Å². The number of benzene rings is 1. The minimum atomic E-state index is 0.0787. The third kappa shape index (κ3) is 2.51. The molecule has 2 heteroatoms. The van der Waals surface area contributed by atoms with Crippen molar-refractivity contribution in [1.82, 2.24) is 4.90 Å². The van der Waals surface area contributed by atoms with Crippen LogP contribution >= 0.6 is 0 Å². The number of hydrogen-bond acceptors (Lipinski definition) is 1. The summed E-state index contributed by atoms with van der Waals surface area (Å²) in [5, 5.41) is 0. The molecule has 1 amide bonds. The van der Waals surface area contributed by atoms with E-state index in [-0.39, 0.29) is 11.8 Å². The molecule has 0 aliphatic carbocycles. The molecule has 2 nitrogen and oxygen atoms in total. The Balaban J connectivity index is 2.19. The number of likely N-dealkylation sites (N-methyl/N-ethyl adjacent to an activating group) is 1. The molecule has 0 aromatic heterocycles. The summed E-state index contributed by atoms with van der Waals surface area (Å²) in [5.41, 5.74) is 2.51. The molecule has 0 bridgehead atoms.